The van der Waals surface area contributed by atoms with Gasteiger partial charge >= 0.3 is 0 Å². The molecule has 0 bridgehead atoms. The molecule has 126 valence electrons. The van der Waals surface area contributed by atoms with E-state index in [2.05, 4.69) is 20.4 Å². The molecule has 0 aliphatic carbocycles. The van der Waals surface area contributed by atoms with Gasteiger partial charge in [-0.05, 0) is 31.5 Å². The molecule has 2 N–H and O–H groups in total. The topological polar surface area (TPSA) is 75.6 Å². The van der Waals surface area contributed by atoms with Crippen LogP contribution in [-0.2, 0) is 18.3 Å². The fourth-order valence-electron chi connectivity index (χ4n) is 3.30. The van der Waals surface area contributed by atoms with Gasteiger partial charge in [-0.1, -0.05) is 18.2 Å². The first-order valence-electron chi connectivity index (χ1n) is 8.18. The number of aromatic nitrogens is 4. The highest BCUT2D eigenvalue weighted by atomic mass is 16.1. The van der Waals surface area contributed by atoms with Gasteiger partial charge < -0.3 is 10.3 Å². The second-order valence-electron chi connectivity index (χ2n) is 6.30. The third kappa shape index (κ3) is 2.65. The number of amides is 1. The first-order valence-corrected chi connectivity index (χ1v) is 8.18. The van der Waals surface area contributed by atoms with Crippen molar-refractivity contribution < 1.29 is 4.79 Å². The zero-order chi connectivity index (χ0) is 17.6. The maximum Gasteiger partial charge on any atom is 0.228 e. The SMILES string of the molecule is Cc1[nH]c2ccccc2c1CC(=O)Nc1cnc2c(c1)c(C)nn2C. The number of nitrogens with one attached hydrogen (secondary N) is 2. The van der Waals surface area contributed by atoms with Gasteiger partial charge in [0.25, 0.3) is 0 Å². The number of benzene rings is 1. The second-order valence-corrected chi connectivity index (χ2v) is 6.30. The van der Waals surface area contributed by atoms with Crippen LogP contribution in [0.4, 0.5) is 5.69 Å². The van der Waals surface area contributed by atoms with Gasteiger partial charge in [0.05, 0.1) is 24.0 Å². The van der Waals surface area contributed by atoms with Crippen molar-refractivity contribution in [3.05, 3.63) is 53.5 Å². The summed E-state index contributed by atoms with van der Waals surface area (Å²) in [7, 11) is 1.86. The summed E-state index contributed by atoms with van der Waals surface area (Å²) in [4.78, 5) is 20.3. The van der Waals surface area contributed by atoms with Gasteiger partial charge in [0, 0.05) is 29.0 Å². The van der Waals surface area contributed by atoms with Crippen molar-refractivity contribution >= 4 is 33.5 Å². The molecule has 0 atom stereocenters. The average molecular weight is 333 g/mol. The molecule has 6 nitrogen and oxygen atoms in total. The van der Waals surface area contributed by atoms with Crippen LogP contribution >= 0.6 is 0 Å². The van der Waals surface area contributed by atoms with Crippen LogP contribution in [0.15, 0.2) is 36.5 Å². The van der Waals surface area contributed by atoms with E-state index in [0.29, 0.717) is 12.1 Å². The van der Waals surface area contributed by atoms with Gasteiger partial charge in [-0.3, -0.25) is 9.48 Å². The third-order valence-electron chi connectivity index (χ3n) is 4.51. The number of anilines is 1. The zero-order valence-electron chi connectivity index (χ0n) is 14.4. The first kappa shape index (κ1) is 15.4. The van der Waals surface area contributed by atoms with E-state index in [1.807, 2.05) is 51.2 Å². The maximum absolute atomic E-state index is 12.5. The highest BCUT2D eigenvalue weighted by molar-refractivity contribution is 5.97. The van der Waals surface area contributed by atoms with Crippen LogP contribution in [0.3, 0.4) is 0 Å². The predicted molar refractivity (Wildman–Crippen MR) is 98.6 cm³/mol. The first-order chi connectivity index (χ1) is 12.0. The van der Waals surface area contributed by atoms with Gasteiger partial charge in [-0.2, -0.15) is 5.10 Å². The van der Waals surface area contributed by atoms with Gasteiger partial charge in [-0.25, -0.2) is 4.98 Å². The Morgan fingerprint density at radius 1 is 1.24 bits per heavy atom. The number of carbonyl (C=O) groups excluding carboxylic acids is 1. The summed E-state index contributed by atoms with van der Waals surface area (Å²) >= 11 is 0. The van der Waals surface area contributed by atoms with Crippen molar-refractivity contribution in [2.75, 3.05) is 5.32 Å². The monoisotopic (exact) mass is 333 g/mol. The number of para-hydroxylation sites is 1. The molecule has 4 rings (SSSR count). The van der Waals surface area contributed by atoms with Crippen molar-refractivity contribution in [2.24, 2.45) is 7.05 Å². The Labute approximate surface area is 144 Å². The molecule has 0 radical (unpaired) electrons. The highest BCUT2D eigenvalue weighted by Gasteiger charge is 2.13. The van der Waals surface area contributed by atoms with Crippen LogP contribution in [0.1, 0.15) is 17.0 Å². The summed E-state index contributed by atoms with van der Waals surface area (Å²) in [5.74, 6) is -0.0597. The molecule has 3 aromatic heterocycles. The summed E-state index contributed by atoms with van der Waals surface area (Å²) in [6, 6.07) is 9.95. The van der Waals surface area contributed by atoms with E-state index in [4.69, 9.17) is 0 Å². The summed E-state index contributed by atoms with van der Waals surface area (Å²) in [6.45, 7) is 3.93. The van der Waals surface area contributed by atoms with Crippen LogP contribution < -0.4 is 5.32 Å². The number of aryl methyl sites for hydroxylation is 3. The van der Waals surface area contributed by atoms with E-state index in [1.54, 1.807) is 10.9 Å². The number of H-pyrrole nitrogens is 1. The molecule has 1 aromatic carbocycles. The van der Waals surface area contributed by atoms with Crippen LogP contribution in [0.25, 0.3) is 21.9 Å². The molecule has 0 saturated heterocycles. The fourth-order valence-corrected chi connectivity index (χ4v) is 3.30. The molecule has 1 amide bonds. The fraction of sp³-hybridized carbons (Fsp3) is 0.211. The van der Waals surface area contributed by atoms with E-state index in [9.17, 15) is 4.79 Å². The predicted octanol–water partition coefficient (Wildman–Crippen LogP) is 3.25. The minimum absolute atomic E-state index is 0.0597. The van der Waals surface area contributed by atoms with Gasteiger partial charge in [0.15, 0.2) is 5.65 Å². The molecule has 6 heteroatoms. The minimum atomic E-state index is -0.0597. The Morgan fingerprint density at radius 2 is 2.04 bits per heavy atom. The van der Waals surface area contributed by atoms with E-state index >= 15 is 0 Å². The van der Waals surface area contributed by atoms with Crippen LogP contribution in [0.5, 0.6) is 0 Å². The Hall–Kier alpha value is -3.15. The second kappa shape index (κ2) is 5.73. The van der Waals surface area contributed by atoms with Crippen LogP contribution in [0, 0.1) is 13.8 Å². The number of fused-ring (bicyclic) bond motifs is 2. The lowest BCUT2D eigenvalue weighted by Gasteiger charge is -2.06. The summed E-state index contributed by atoms with van der Waals surface area (Å²) in [5.41, 5.74) is 5.49. The van der Waals surface area contributed by atoms with E-state index in [-0.39, 0.29) is 5.91 Å². The molecule has 0 aliphatic rings. The lowest BCUT2D eigenvalue weighted by molar-refractivity contribution is -0.115. The largest absolute Gasteiger partial charge is 0.358 e. The molecular formula is C19H19N5O. The van der Waals surface area contributed by atoms with Gasteiger partial charge in [0.2, 0.25) is 5.91 Å². The number of pyridine rings is 1. The minimum Gasteiger partial charge on any atom is -0.358 e. The number of hydrogen-bond donors (Lipinski definition) is 2. The molecule has 0 saturated carbocycles. The lowest BCUT2D eigenvalue weighted by Crippen LogP contribution is -2.15. The number of nitrogens with zero attached hydrogens (tertiary/aromatic N) is 3. The summed E-state index contributed by atoms with van der Waals surface area (Å²) < 4.78 is 1.74. The number of hydrogen-bond acceptors (Lipinski definition) is 3. The number of rotatable bonds is 3. The van der Waals surface area contributed by atoms with Gasteiger partial charge in [-0.15, -0.1) is 0 Å². The van der Waals surface area contributed by atoms with E-state index in [0.717, 1.165) is 38.9 Å². The van der Waals surface area contributed by atoms with Gasteiger partial charge in [0.1, 0.15) is 0 Å². The highest BCUT2D eigenvalue weighted by Crippen LogP contribution is 2.23. The number of aromatic amines is 1. The van der Waals surface area contributed by atoms with Crippen molar-refractivity contribution in [3.63, 3.8) is 0 Å². The van der Waals surface area contributed by atoms with Crippen molar-refractivity contribution in [1.29, 1.82) is 0 Å². The Bertz CT molecular complexity index is 1110. The van der Waals surface area contributed by atoms with Crippen molar-refractivity contribution in [1.82, 2.24) is 19.7 Å². The normalized spacial score (nSPS) is 11.3. The maximum atomic E-state index is 12.5. The molecule has 0 fully saturated rings. The average Bonchev–Trinajstić information content (AvgIpc) is 3.04. The quantitative estimate of drug-likeness (QED) is 0.604. The number of carbonyl (C=O) groups is 1. The van der Waals surface area contributed by atoms with Crippen molar-refractivity contribution in [3.8, 4) is 0 Å². The Balaban J connectivity index is 1.59. The van der Waals surface area contributed by atoms with Crippen LogP contribution in [0.2, 0.25) is 0 Å². The summed E-state index contributed by atoms with van der Waals surface area (Å²) in [6.07, 6.45) is 1.99. The van der Waals surface area contributed by atoms with E-state index in [1.165, 1.54) is 0 Å². The molecule has 0 unspecified atom stereocenters. The van der Waals surface area contributed by atoms with E-state index < -0.39 is 0 Å². The van der Waals surface area contributed by atoms with Crippen LogP contribution in [-0.4, -0.2) is 25.7 Å². The summed E-state index contributed by atoms with van der Waals surface area (Å²) in [5, 5.41) is 9.34. The molecular weight excluding hydrogens is 314 g/mol. The smallest absolute Gasteiger partial charge is 0.228 e. The molecule has 0 aliphatic heterocycles. The molecule has 0 spiro atoms. The Kier molecular flexibility index (Phi) is 3.53. The molecule has 3 heterocycles. The molecule has 25 heavy (non-hydrogen) atoms. The Morgan fingerprint density at radius 3 is 2.88 bits per heavy atom. The zero-order valence-corrected chi connectivity index (χ0v) is 14.4. The molecule has 4 aromatic rings. The third-order valence-corrected chi connectivity index (χ3v) is 4.51. The standard InChI is InChI=1S/C19H19N5O/c1-11-15(14-6-4-5-7-17(14)21-11)9-18(25)22-13-8-16-12(2)23-24(3)19(16)20-10-13/h4-8,10,21H,9H2,1-3H3,(H,22,25). The lowest BCUT2D eigenvalue weighted by atomic mass is 10.1. The van der Waals surface area contributed by atoms with Crippen molar-refractivity contribution in [2.45, 2.75) is 20.3 Å².